The number of rotatable bonds is 10. The summed E-state index contributed by atoms with van der Waals surface area (Å²) in [7, 11) is -2.41. The minimum absolute atomic E-state index is 0.00481. The Hall–Kier alpha value is -3.92. The molecule has 0 unspecified atom stereocenters. The van der Waals surface area contributed by atoms with Gasteiger partial charge in [-0.25, -0.2) is 12.8 Å². The number of nitrogens with one attached hydrogen (secondary N) is 1. The third kappa shape index (κ3) is 7.05. The molecule has 0 radical (unpaired) electrons. The van der Waals surface area contributed by atoms with Crippen LogP contribution in [0.15, 0.2) is 78.9 Å². The number of anilines is 1. The number of halogens is 1. The van der Waals surface area contributed by atoms with Crippen LogP contribution >= 0.6 is 0 Å². The first kappa shape index (κ1) is 26.7. The highest BCUT2D eigenvalue weighted by Gasteiger charge is 2.29. The minimum Gasteiger partial charge on any atom is -0.457 e. The van der Waals surface area contributed by atoms with Crippen LogP contribution in [0.5, 0.6) is 11.5 Å². The van der Waals surface area contributed by atoms with E-state index in [1.165, 1.54) is 36.2 Å². The lowest BCUT2D eigenvalue weighted by Crippen LogP contribution is -2.50. The largest absolute Gasteiger partial charge is 0.457 e. The summed E-state index contributed by atoms with van der Waals surface area (Å²) in [6, 6.07) is 20.0. The molecule has 3 aromatic carbocycles. The van der Waals surface area contributed by atoms with Gasteiger partial charge in [-0.3, -0.25) is 13.9 Å². The first-order valence-corrected chi connectivity index (χ1v) is 13.0. The maximum absolute atomic E-state index is 13.4. The fourth-order valence-corrected chi connectivity index (χ4v) is 4.35. The predicted octanol–water partition coefficient (Wildman–Crippen LogP) is 3.55. The molecule has 1 N–H and O–H groups in total. The molecule has 0 saturated carbocycles. The summed E-state index contributed by atoms with van der Waals surface area (Å²) in [5, 5.41) is 2.50. The van der Waals surface area contributed by atoms with E-state index < -0.39 is 40.2 Å². The summed E-state index contributed by atoms with van der Waals surface area (Å²) in [6.07, 6.45) is 1.00. The molecule has 10 heteroatoms. The van der Waals surface area contributed by atoms with Crippen LogP contribution in [-0.4, -0.2) is 51.0 Å². The lowest BCUT2D eigenvalue weighted by atomic mass is 10.1. The highest BCUT2D eigenvalue weighted by molar-refractivity contribution is 7.92. The van der Waals surface area contributed by atoms with E-state index in [-0.39, 0.29) is 12.2 Å². The first-order valence-electron chi connectivity index (χ1n) is 11.1. The van der Waals surface area contributed by atoms with Gasteiger partial charge in [-0.1, -0.05) is 30.3 Å². The molecule has 0 bridgehead atoms. The molecule has 0 aliphatic heterocycles. The summed E-state index contributed by atoms with van der Waals surface area (Å²) in [6.45, 7) is 1.01. The molecule has 0 spiro atoms. The van der Waals surface area contributed by atoms with Gasteiger partial charge in [0.05, 0.1) is 11.9 Å². The van der Waals surface area contributed by atoms with Gasteiger partial charge >= 0.3 is 0 Å². The van der Waals surface area contributed by atoms with E-state index in [1.807, 2.05) is 18.2 Å². The van der Waals surface area contributed by atoms with Crippen molar-refractivity contribution in [2.45, 2.75) is 19.5 Å². The van der Waals surface area contributed by atoms with Crippen molar-refractivity contribution in [3.05, 3.63) is 90.2 Å². The molecule has 0 aliphatic carbocycles. The van der Waals surface area contributed by atoms with Crippen molar-refractivity contribution >= 4 is 27.5 Å². The predicted molar refractivity (Wildman–Crippen MR) is 136 cm³/mol. The number of amides is 2. The van der Waals surface area contributed by atoms with Crippen LogP contribution in [0.1, 0.15) is 12.5 Å². The van der Waals surface area contributed by atoms with Gasteiger partial charge in [0.1, 0.15) is 29.9 Å². The van der Waals surface area contributed by atoms with E-state index in [0.717, 1.165) is 10.6 Å². The van der Waals surface area contributed by atoms with Gasteiger partial charge in [-0.15, -0.1) is 0 Å². The van der Waals surface area contributed by atoms with E-state index in [9.17, 15) is 22.4 Å². The Labute approximate surface area is 210 Å². The lowest BCUT2D eigenvalue weighted by Gasteiger charge is -2.31. The average Bonchev–Trinajstić information content (AvgIpc) is 2.86. The zero-order valence-corrected chi connectivity index (χ0v) is 21.0. The number of para-hydroxylation sites is 1. The molecule has 0 fully saturated rings. The second-order valence-electron chi connectivity index (χ2n) is 8.12. The zero-order chi connectivity index (χ0) is 26.3. The van der Waals surface area contributed by atoms with Gasteiger partial charge in [0, 0.05) is 13.6 Å². The highest BCUT2D eigenvalue weighted by Crippen LogP contribution is 2.26. The van der Waals surface area contributed by atoms with Crippen molar-refractivity contribution in [3.63, 3.8) is 0 Å². The maximum Gasteiger partial charge on any atom is 0.244 e. The molecular formula is C26H28FN3O5S. The van der Waals surface area contributed by atoms with E-state index in [0.29, 0.717) is 17.1 Å². The molecule has 190 valence electrons. The topological polar surface area (TPSA) is 96.0 Å². The second-order valence-corrected chi connectivity index (χ2v) is 10.0. The third-order valence-electron chi connectivity index (χ3n) is 5.46. The highest BCUT2D eigenvalue weighted by atomic mass is 32.2. The average molecular weight is 514 g/mol. The standard InChI is InChI=1S/C26H28FN3O5S/c1-19(26(32)28-2)29(17-20-9-11-21(27)12-10-20)25(31)18-30(36(3,33)34)22-13-15-24(16-14-22)35-23-7-5-4-6-8-23/h4-16,19H,17-18H2,1-3H3,(H,28,32)/t19-/m1/s1. The molecule has 1 atom stereocenters. The zero-order valence-electron chi connectivity index (χ0n) is 20.2. The number of carbonyl (C=O) groups excluding carboxylic acids is 2. The summed E-state index contributed by atoms with van der Waals surface area (Å²) in [5.74, 6) is -0.320. The lowest BCUT2D eigenvalue weighted by molar-refractivity contribution is -0.139. The van der Waals surface area contributed by atoms with Crippen LogP contribution in [0, 0.1) is 5.82 Å². The Kier molecular flexibility index (Phi) is 8.65. The quantitative estimate of drug-likeness (QED) is 0.447. The number of nitrogens with zero attached hydrogens (tertiary/aromatic N) is 2. The normalized spacial score (nSPS) is 11.9. The van der Waals surface area contributed by atoms with Gasteiger partial charge < -0.3 is 15.0 Å². The summed E-state index contributed by atoms with van der Waals surface area (Å²) >= 11 is 0. The second kappa shape index (κ2) is 11.7. The van der Waals surface area contributed by atoms with E-state index in [1.54, 1.807) is 43.3 Å². The fraction of sp³-hybridized carbons (Fsp3) is 0.231. The Morgan fingerprint density at radius 1 is 0.944 bits per heavy atom. The molecule has 2 amide bonds. The van der Waals surface area contributed by atoms with Crippen molar-refractivity contribution in [3.8, 4) is 11.5 Å². The number of hydrogen-bond acceptors (Lipinski definition) is 5. The monoisotopic (exact) mass is 513 g/mol. The van der Waals surface area contributed by atoms with Crippen molar-refractivity contribution in [1.82, 2.24) is 10.2 Å². The SMILES string of the molecule is CNC(=O)[C@@H](C)N(Cc1ccc(F)cc1)C(=O)CN(c1ccc(Oc2ccccc2)cc1)S(C)(=O)=O. The van der Waals surface area contributed by atoms with E-state index >= 15 is 0 Å². The fourth-order valence-electron chi connectivity index (χ4n) is 3.50. The third-order valence-corrected chi connectivity index (χ3v) is 6.60. The van der Waals surface area contributed by atoms with Gasteiger partial charge in [0.15, 0.2) is 0 Å². The molecule has 0 aromatic heterocycles. The summed E-state index contributed by atoms with van der Waals surface area (Å²) in [4.78, 5) is 26.9. The van der Waals surface area contributed by atoms with Crippen LogP contribution < -0.4 is 14.4 Å². The number of carbonyl (C=O) groups is 2. The smallest absolute Gasteiger partial charge is 0.244 e. The summed E-state index contributed by atoms with van der Waals surface area (Å²) in [5.41, 5.74) is 0.856. The molecule has 3 aromatic rings. The number of hydrogen-bond donors (Lipinski definition) is 1. The van der Waals surface area contributed by atoms with Crippen molar-refractivity contribution in [2.75, 3.05) is 24.2 Å². The van der Waals surface area contributed by atoms with Crippen LogP contribution in [-0.2, 0) is 26.2 Å². The Morgan fingerprint density at radius 2 is 1.53 bits per heavy atom. The number of ether oxygens (including phenoxy) is 1. The number of sulfonamides is 1. The van der Waals surface area contributed by atoms with Crippen molar-refractivity contribution in [1.29, 1.82) is 0 Å². The molecule has 0 heterocycles. The van der Waals surface area contributed by atoms with E-state index in [2.05, 4.69) is 5.32 Å². The maximum atomic E-state index is 13.4. The number of benzene rings is 3. The molecule has 8 nitrogen and oxygen atoms in total. The van der Waals surface area contributed by atoms with Crippen LogP contribution in [0.4, 0.5) is 10.1 Å². The van der Waals surface area contributed by atoms with Crippen LogP contribution in [0.25, 0.3) is 0 Å². The Bertz CT molecular complexity index is 1280. The summed E-state index contributed by atoms with van der Waals surface area (Å²) < 4.78 is 45.3. The minimum atomic E-state index is -3.85. The van der Waals surface area contributed by atoms with Crippen molar-refractivity contribution < 1.29 is 27.1 Å². The Morgan fingerprint density at radius 3 is 2.08 bits per heavy atom. The number of likely N-dealkylation sites (N-methyl/N-ethyl adjacent to an activating group) is 1. The molecule has 3 rings (SSSR count). The van der Waals surface area contributed by atoms with Gasteiger partial charge in [-0.2, -0.15) is 0 Å². The Balaban J connectivity index is 1.84. The molecular weight excluding hydrogens is 485 g/mol. The van der Waals surface area contributed by atoms with Crippen molar-refractivity contribution in [2.24, 2.45) is 0 Å². The molecule has 0 aliphatic rings. The van der Waals surface area contributed by atoms with Gasteiger partial charge in [0.25, 0.3) is 0 Å². The van der Waals surface area contributed by atoms with Crippen LogP contribution in [0.2, 0.25) is 0 Å². The van der Waals surface area contributed by atoms with Gasteiger partial charge in [-0.05, 0) is 61.0 Å². The van der Waals surface area contributed by atoms with Crippen LogP contribution in [0.3, 0.4) is 0 Å². The molecule has 36 heavy (non-hydrogen) atoms. The molecule has 0 saturated heterocycles. The first-order chi connectivity index (χ1) is 17.1. The van der Waals surface area contributed by atoms with E-state index in [4.69, 9.17) is 4.74 Å². The van der Waals surface area contributed by atoms with Gasteiger partial charge in [0.2, 0.25) is 21.8 Å².